The van der Waals surface area contributed by atoms with Gasteiger partial charge in [-0.15, -0.1) is 0 Å². The Morgan fingerprint density at radius 1 is 1.33 bits per heavy atom. The monoisotopic (exact) mass is 241 g/mol. The summed E-state index contributed by atoms with van der Waals surface area (Å²) in [5.41, 5.74) is 0.535. The number of benzene rings is 1. The van der Waals surface area contributed by atoms with Gasteiger partial charge < -0.3 is 4.74 Å². The first-order valence-corrected chi connectivity index (χ1v) is 5.81. The van der Waals surface area contributed by atoms with E-state index < -0.39 is 5.97 Å². The summed E-state index contributed by atoms with van der Waals surface area (Å²) in [7, 11) is 0. The van der Waals surface area contributed by atoms with Gasteiger partial charge in [-0.2, -0.15) is 5.26 Å². The number of allylic oxidation sites excluding steroid dienone is 3. The summed E-state index contributed by atoms with van der Waals surface area (Å²) < 4.78 is 5.05. The first-order valence-electron chi connectivity index (χ1n) is 5.81. The van der Waals surface area contributed by atoms with Gasteiger partial charge in [0, 0.05) is 6.08 Å². The molecule has 0 N–H and O–H groups in total. The van der Waals surface area contributed by atoms with Crippen LogP contribution >= 0.6 is 0 Å². The molecule has 0 aliphatic rings. The fraction of sp³-hybridized carbons (Fsp3) is 0.200. The zero-order chi connectivity index (χ0) is 13.2. The molecule has 1 aromatic carbocycles. The Morgan fingerprint density at radius 2 is 2.06 bits per heavy atom. The fourth-order valence-corrected chi connectivity index (χ4v) is 1.22. The molecule has 0 atom stereocenters. The first-order chi connectivity index (χ1) is 8.76. The molecule has 0 aliphatic carbocycles. The Kier molecular flexibility index (Phi) is 5.99. The van der Waals surface area contributed by atoms with Gasteiger partial charge in [-0.25, -0.2) is 4.79 Å². The van der Waals surface area contributed by atoms with Crippen LogP contribution in [0.1, 0.15) is 25.3 Å². The van der Waals surface area contributed by atoms with Crippen molar-refractivity contribution in [1.82, 2.24) is 0 Å². The highest BCUT2D eigenvalue weighted by atomic mass is 16.5. The third-order valence-electron chi connectivity index (χ3n) is 2.14. The van der Waals surface area contributed by atoms with Gasteiger partial charge in [-0.3, -0.25) is 0 Å². The van der Waals surface area contributed by atoms with Crippen LogP contribution in [0.2, 0.25) is 0 Å². The molecule has 0 fully saturated rings. The molecule has 0 unspecified atom stereocenters. The maximum absolute atomic E-state index is 11.4. The standard InChI is InChI=1S/C15H15NO2/c1-2-3-4-5-6-7-15(17)18-14-10-8-13(12-16)9-11-14/h4-11H,2-3H2,1H3. The second-order valence-corrected chi connectivity index (χ2v) is 3.63. The van der Waals surface area contributed by atoms with E-state index in [1.54, 1.807) is 30.3 Å². The summed E-state index contributed by atoms with van der Waals surface area (Å²) in [6.45, 7) is 2.09. The third-order valence-corrected chi connectivity index (χ3v) is 2.14. The van der Waals surface area contributed by atoms with Crippen molar-refractivity contribution in [3.05, 3.63) is 54.1 Å². The van der Waals surface area contributed by atoms with Crippen molar-refractivity contribution in [3.63, 3.8) is 0 Å². The number of ether oxygens (including phenoxy) is 1. The summed E-state index contributed by atoms with van der Waals surface area (Å²) in [6, 6.07) is 8.40. The van der Waals surface area contributed by atoms with Gasteiger partial charge in [0.2, 0.25) is 0 Å². The number of esters is 1. The Balaban J connectivity index is 2.46. The lowest BCUT2D eigenvalue weighted by Crippen LogP contribution is -2.03. The summed E-state index contributed by atoms with van der Waals surface area (Å²) in [5.74, 6) is 0.00189. The molecule has 0 radical (unpaired) electrons. The van der Waals surface area contributed by atoms with Crippen LogP contribution in [-0.2, 0) is 4.79 Å². The molecule has 1 aromatic rings. The van der Waals surface area contributed by atoms with Crippen molar-refractivity contribution in [2.75, 3.05) is 0 Å². The summed E-state index contributed by atoms with van der Waals surface area (Å²) in [6.07, 6.45) is 8.91. The van der Waals surface area contributed by atoms with Crippen molar-refractivity contribution in [2.24, 2.45) is 0 Å². The van der Waals surface area contributed by atoms with Crippen LogP contribution in [0.5, 0.6) is 5.75 Å². The second kappa shape index (κ2) is 7.86. The number of rotatable bonds is 5. The van der Waals surface area contributed by atoms with E-state index in [2.05, 4.69) is 6.92 Å². The van der Waals surface area contributed by atoms with Crippen LogP contribution in [0.25, 0.3) is 0 Å². The van der Waals surface area contributed by atoms with Crippen LogP contribution < -0.4 is 4.74 Å². The molecular formula is C15H15NO2. The van der Waals surface area contributed by atoms with Crippen LogP contribution in [0, 0.1) is 11.3 Å². The largest absolute Gasteiger partial charge is 0.423 e. The van der Waals surface area contributed by atoms with E-state index in [1.165, 1.54) is 6.08 Å². The van der Waals surface area contributed by atoms with Crippen molar-refractivity contribution in [3.8, 4) is 11.8 Å². The highest BCUT2D eigenvalue weighted by molar-refractivity contribution is 5.84. The molecule has 0 saturated carbocycles. The van der Waals surface area contributed by atoms with Crippen molar-refractivity contribution in [2.45, 2.75) is 19.8 Å². The molecule has 1 rings (SSSR count). The number of hydrogen-bond acceptors (Lipinski definition) is 3. The fourth-order valence-electron chi connectivity index (χ4n) is 1.22. The lowest BCUT2D eigenvalue weighted by Gasteiger charge is -1.99. The number of hydrogen-bond donors (Lipinski definition) is 0. The van der Waals surface area contributed by atoms with E-state index >= 15 is 0 Å². The zero-order valence-corrected chi connectivity index (χ0v) is 10.3. The molecule has 0 spiro atoms. The predicted octanol–water partition coefficient (Wildman–Crippen LogP) is 3.38. The average Bonchev–Trinajstić information content (AvgIpc) is 2.39. The first kappa shape index (κ1) is 13.7. The highest BCUT2D eigenvalue weighted by Gasteiger charge is 1.99. The summed E-state index contributed by atoms with van der Waals surface area (Å²) in [5, 5.41) is 8.62. The average molecular weight is 241 g/mol. The number of unbranched alkanes of at least 4 members (excludes halogenated alkanes) is 1. The quantitative estimate of drug-likeness (QED) is 0.343. The molecule has 0 aliphatic heterocycles. The van der Waals surface area contributed by atoms with Gasteiger partial charge in [-0.05, 0) is 30.7 Å². The van der Waals surface area contributed by atoms with Crippen LogP contribution in [0.4, 0.5) is 0 Å². The van der Waals surface area contributed by atoms with Crippen molar-refractivity contribution >= 4 is 5.97 Å². The Hall–Kier alpha value is -2.34. The molecule has 92 valence electrons. The lowest BCUT2D eigenvalue weighted by molar-refractivity contribution is -0.128. The Morgan fingerprint density at radius 3 is 2.67 bits per heavy atom. The molecule has 0 bridgehead atoms. The minimum absolute atomic E-state index is 0.430. The SMILES string of the molecule is CCCC=CC=CC(=O)Oc1ccc(C#N)cc1. The second-order valence-electron chi connectivity index (χ2n) is 3.63. The van der Waals surface area contributed by atoms with E-state index in [4.69, 9.17) is 10.00 Å². The zero-order valence-electron chi connectivity index (χ0n) is 10.3. The van der Waals surface area contributed by atoms with Gasteiger partial charge >= 0.3 is 5.97 Å². The topological polar surface area (TPSA) is 50.1 Å². The molecule has 0 aromatic heterocycles. The van der Waals surface area contributed by atoms with E-state index in [1.807, 2.05) is 18.2 Å². The van der Waals surface area contributed by atoms with Crippen LogP contribution in [-0.4, -0.2) is 5.97 Å². The van der Waals surface area contributed by atoms with Crippen LogP contribution in [0.15, 0.2) is 48.6 Å². The minimum atomic E-state index is -0.430. The van der Waals surface area contributed by atoms with Gasteiger partial charge in [0.25, 0.3) is 0 Å². The molecule has 18 heavy (non-hydrogen) atoms. The molecule has 0 saturated heterocycles. The number of nitrogens with zero attached hydrogens (tertiary/aromatic N) is 1. The van der Waals surface area contributed by atoms with Crippen molar-refractivity contribution in [1.29, 1.82) is 5.26 Å². The van der Waals surface area contributed by atoms with E-state index in [9.17, 15) is 4.79 Å². The van der Waals surface area contributed by atoms with E-state index in [0.717, 1.165) is 12.8 Å². The molecular weight excluding hydrogens is 226 g/mol. The molecule has 0 heterocycles. The number of carbonyl (C=O) groups excluding carboxylic acids is 1. The van der Waals surface area contributed by atoms with Gasteiger partial charge in [0.1, 0.15) is 5.75 Å². The maximum atomic E-state index is 11.4. The summed E-state index contributed by atoms with van der Waals surface area (Å²) in [4.78, 5) is 11.4. The Labute approximate surface area is 107 Å². The molecule has 0 amide bonds. The third kappa shape index (κ3) is 5.13. The van der Waals surface area contributed by atoms with E-state index in [0.29, 0.717) is 11.3 Å². The lowest BCUT2D eigenvalue weighted by atomic mass is 10.2. The number of carbonyl (C=O) groups is 1. The predicted molar refractivity (Wildman–Crippen MR) is 70.0 cm³/mol. The van der Waals surface area contributed by atoms with E-state index in [-0.39, 0.29) is 0 Å². The maximum Gasteiger partial charge on any atom is 0.336 e. The van der Waals surface area contributed by atoms with Gasteiger partial charge in [-0.1, -0.05) is 31.6 Å². The minimum Gasteiger partial charge on any atom is -0.423 e. The summed E-state index contributed by atoms with van der Waals surface area (Å²) >= 11 is 0. The van der Waals surface area contributed by atoms with Gasteiger partial charge in [0.15, 0.2) is 0 Å². The van der Waals surface area contributed by atoms with Crippen molar-refractivity contribution < 1.29 is 9.53 Å². The molecule has 3 heteroatoms. The normalized spacial score (nSPS) is 10.7. The Bertz CT molecular complexity index is 478. The smallest absolute Gasteiger partial charge is 0.336 e. The number of nitriles is 1. The van der Waals surface area contributed by atoms with Crippen LogP contribution in [0.3, 0.4) is 0 Å². The highest BCUT2D eigenvalue weighted by Crippen LogP contribution is 2.11. The van der Waals surface area contributed by atoms with Gasteiger partial charge in [0.05, 0.1) is 11.6 Å². The molecule has 3 nitrogen and oxygen atoms in total.